The Kier molecular flexibility index (Phi) is 4.47. The summed E-state index contributed by atoms with van der Waals surface area (Å²) in [6, 6.07) is 4.69. The lowest BCUT2D eigenvalue weighted by atomic mass is 9.91. The second-order valence-corrected chi connectivity index (χ2v) is 5.06. The van der Waals surface area contributed by atoms with Crippen LogP contribution in [0.4, 0.5) is 4.39 Å². The molecule has 2 atom stereocenters. The van der Waals surface area contributed by atoms with Crippen LogP contribution >= 0.6 is 15.9 Å². The molecule has 0 spiro atoms. The number of ether oxygens (including phenoxy) is 1. The molecular formula is C12H16BrFO2. The van der Waals surface area contributed by atoms with E-state index >= 15 is 0 Å². The first-order chi connectivity index (χ1) is 7.36. The van der Waals surface area contributed by atoms with Crippen molar-refractivity contribution >= 4 is 15.9 Å². The van der Waals surface area contributed by atoms with Crippen molar-refractivity contribution in [1.29, 1.82) is 0 Å². The highest BCUT2D eigenvalue weighted by molar-refractivity contribution is 9.10. The SMILES string of the molecule is COC(C)C(C)(O)Cc1cc(Br)ccc1F. The average Bonchev–Trinajstić information content (AvgIpc) is 2.22. The molecule has 0 radical (unpaired) electrons. The van der Waals surface area contributed by atoms with E-state index in [1.807, 2.05) is 0 Å². The smallest absolute Gasteiger partial charge is 0.126 e. The van der Waals surface area contributed by atoms with Crippen molar-refractivity contribution in [3.63, 3.8) is 0 Å². The van der Waals surface area contributed by atoms with Crippen LogP contribution in [0.5, 0.6) is 0 Å². The minimum absolute atomic E-state index is 0.216. The molecule has 0 amide bonds. The van der Waals surface area contributed by atoms with E-state index in [1.165, 1.54) is 13.2 Å². The van der Waals surface area contributed by atoms with Gasteiger partial charge in [-0.2, -0.15) is 0 Å². The van der Waals surface area contributed by atoms with E-state index in [0.29, 0.717) is 5.56 Å². The van der Waals surface area contributed by atoms with Crippen molar-refractivity contribution in [3.05, 3.63) is 34.1 Å². The van der Waals surface area contributed by atoms with Gasteiger partial charge in [0.15, 0.2) is 0 Å². The molecule has 0 bridgehead atoms. The molecule has 2 unspecified atom stereocenters. The first-order valence-electron chi connectivity index (χ1n) is 5.06. The molecule has 1 aromatic rings. The zero-order valence-electron chi connectivity index (χ0n) is 9.63. The molecule has 0 saturated carbocycles. The van der Waals surface area contributed by atoms with Crippen molar-refractivity contribution in [2.24, 2.45) is 0 Å². The first kappa shape index (κ1) is 13.6. The highest BCUT2D eigenvalue weighted by atomic mass is 79.9. The van der Waals surface area contributed by atoms with Gasteiger partial charge in [0.1, 0.15) is 5.82 Å². The lowest BCUT2D eigenvalue weighted by molar-refractivity contribution is -0.0719. The lowest BCUT2D eigenvalue weighted by Gasteiger charge is -2.29. The number of rotatable bonds is 4. The predicted molar refractivity (Wildman–Crippen MR) is 64.9 cm³/mol. The van der Waals surface area contributed by atoms with Gasteiger partial charge in [-0.3, -0.25) is 0 Å². The number of aliphatic hydroxyl groups is 1. The van der Waals surface area contributed by atoms with Crippen molar-refractivity contribution in [2.45, 2.75) is 32.0 Å². The summed E-state index contributed by atoms with van der Waals surface area (Å²) in [7, 11) is 1.52. The molecule has 0 aliphatic carbocycles. The Hall–Kier alpha value is -0.450. The highest BCUT2D eigenvalue weighted by Gasteiger charge is 2.29. The second kappa shape index (κ2) is 5.25. The molecule has 0 aliphatic rings. The molecule has 0 saturated heterocycles. The normalized spacial score (nSPS) is 16.9. The molecule has 16 heavy (non-hydrogen) atoms. The molecule has 0 aliphatic heterocycles. The Labute approximate surface area is 104 Å². The standard InChI is InChI=1S/C12H16BrFO2/c1-8(16-3)12(2,15)7-9-6-10(13)4-5-11(9)14/h4-6,8,15H,7H2,1-3H3. The second-order valence-electron chi connectivity index (χ2n) is 4.15. The number of benzene rings is 1. The summed E-state index contributed by atoms with van der Waals surface area (Å²) >= 11 is 3.28. The van der Waals surface area contributed by atoms with Crippen LogP contribution in [-0.4, -0.2) is 23.9 Å². The Bertz CT molecular complexity index is 366. The third kappa shape index (κ3) is 3.27. The molecule has 0 fully saturated rings. The van der Waals surface area contributed by atoms with E-state index in [2.05, 4.69) is 15.9 Å². The topological polar surface area (TPSA) is 29.5 Å². The van der Waals surface area contributed by atoms with Crippen LogP contribution in [0.1, 0.15) is 19.4 Å². The fraction of sp³-hybridized carbons (Fsp3) is 0.500. The maximum atomic E-state index is 13.5. The van der Waals surface area contributed by atoms with E-state index in [0.717, 1.165) is 4.47 Å². The van der Waals surface area contributed by atoms with Gasteiger partial charge < -0.3 is 9.84 Å². The summed E-state index contributed by atoms with van der Waals surface area (Å²) in [4.78, 5) is 0. The quantitative estimate of drug-likeness (QED) is 0.924. The summed E-state index contributed by atoms with van der Waals surface area (Å²) in [5.41, 5.74) is -0.612. The van der Waals surface area contributed by atoms with Gasteiger partial charge in [0.05, 0.1) is 11.7 Å². The fourth-order valence-electron chi connectivity index (χ4n) is 1.46. The maximum absolute atomic E-state index is 13.5. The van der Waals surface area contributed by atoms with Gasteiger partial charge in [0, 0.05) is 18.0 Å². The number of methoxy groups -OCH3 is 1. The number of hydrogen-bond acceptors (Lipinski definition) is 2. The predicted octanol–water partition coefficient (Wildman–Crippen LogP) is 2.92. The van der Waals surface area contributed by atoms with Crippen LogP contribution in [0.3, 0.4) is 0 Å². The highest BCUT2D eigenvalue weighted by Crippen LogP contribution is 2.23. The molecule has 90 valence electrons. The van der Waals surface area contributed by atoms with Crippen LogP contribution in [0, 0.1) is 5.82 Å². The number of hydrogen-bond donors (Lipinski definition) is 1. The van der Waals surface area contributed by atoms with Crippen molar-refractivity contribution in [3.8, 4) is 0 Å². The third-order valence-electron chi connectivity index (χ3n) is 2.79. The molecular weight excluding hydrogens is 275 g/mol. The van der Waals surface area contributed by atoms with E-state index in [1.54, 1.807) is 26.0 Å². The summed E-state index contributed by atoms with van der Waals surface area (Å²) in [5.74, 6) is -0.313. The fourth-order valence-corrected chi connectivity index (χ4v) is 1.87. The van der Waals surface area contributed by atoms with Gasteiger partial charge in [0.2, 0.25) is 0 Å². The van der Waals surface area contributed by atoms with Crippen LogP contribution in [0.2, 0.25) is 0 Å². The van der Waals surface area contributed by atoms with Crippen LogP contribution in [-0.2, 0) is 11.2 Å². The Morgan fingerprint density at radius 2 is 2.19 bits per heavy atom. The average molecular weight is 291 g/mol. The first-order valence-corrected chi connectivity index (χ1v) is 5.85. The zero-order chi connectivity index (χ0) is 12.3. The van der Waals surface area contributed by atoms with Crippen LogP contribution < -0.4 is 0 Å². The maximum Gasteiger partial charge on any atom is 0.126 e. The molecule has 0 aromatic heterocycles. The van der Waals surface area contributed by atoms with Gasteiger partial charge in [-0.05, 0) is 37.6 Å². The summed E-state index contributed by atoms with van der Waals surface area (Å²) in [6.45, 7) is 3.40. The Morgan fingerprint density at radius 3 is 2.75 bits per heavy atom. The van der Waals surface area contributed by atoms with Crippen LogP contribution in [0.15, 0.2) is 22.7 Å². The van der Waals surface area contributed by atoms with Gasteiger partial charge in [-0.15, -0.1) is 0 Å². The van der Waals surface area contributed by atoms with Gasteiger partial charge >= 0.3 is 0 Å². The third-order valence-corrected chi connectivity index (χ3v) is 3.28. The van der Waals surface area contributed by atoms with Crippen molar-refractivity contribution in [1.82, 2.24) is 0 Å². The zero-order valence-corrected chi connectivity index (χ0v) is 11.2. The van der Waals surface area contributed by atoms with Crippen molar-refractivity contribution < 1.29 is 14.2 Å². The molecule has 1 rings (SSSR count). The lowest BCUT2D eigenvalue weighted by Crippen LogP contribution is -2.40. The van der Waals surface area contributed by atoms with E-state index in [4.69, 9.17) is 4.74 Å². The van der Waals surface area contributed by atoms with Crippen LogP contribution in [0.25, 0.3) is 0 Å². The Morgan fingerprint density at radius 1 is 1.56 bits per heavy atom. The molecule has 0 heterocycles. The summed E-state index contributed by atoms with van der Waals surface area (Å²) in [6.07, 6.45) is -0.140. The van der Waals surface area contributed by atoms with Gasteiger partial charge in [-0.25, -0.2) is 4.39 Å². The van der Waals surface area contributed by atoms with E-state index < -0.39 is 5.60 Å². The minimum atomic E-state index is -1.09. The Balaban J connectivity index is 2.91. The number of halogens is 2. The van der Waals surface area contributed by atoms with E-state index in [-0.39, 0.29) is 18.3 Å². The summed E-state index contributed by atoms with van der Waals surface area (Å²) < 4.78 is 19.4. The van der Waals surface area contributed by atoms with Gasteiger partial charge in [0.25, 0.3) is 0 Å². The molecule has 1 aromatic carbocycles. The minimum Gasteiger partial charge on any atom is -0.387 e. The molecule has 1 N–H and O–H groups in total. The van der Waals surface area contributed by atoms with Gasteiger partial charge in [-0.1, -0.05) is 15.9 Å². The van der Waals surface area contributed by atoms with Crippen molar-refractivity contribution in [2.75, 3.05) is 7.11 Å². The summed E-state index contributed by atoms with van der Waals surface area (Å²) in [5, 5.41) is 10.1. The molecule has 4 heteroatoms. The largest absolute Gasteiger partial charge is 0.387 e. The van der Waals surface area contributed by atoms with E-state index in [9.17, 15) is 9.50 Å². The monoisotopic (exact) mass is 290 g/mol. The molecule has 2 nitrogen and oxygen atoms in total.